The van der Waals surface area contributed by atoms with E-state index in [9.17, 15) is 4.79 Å². The van der Waals surface area contributed by atoms with E-state index in [2.05, 4.69) is 0 Å². The molecule has 1 fully saturated rings. The quantitative estimate of drug-likeness (QED) is 0.875. The van der Waals surface area contributed by atoms with Crippen LogP contribution >= 0.6 is 11.6 Å². The Hall–Kier alpha value is -1.26. The second-order valence-electron chi connectivity index (χ2n) is 4.28. The lowest BCUT2D eigenvalue weighted by Crippen LogP contribution is -2.35. The Kier molecular flexibility index (Phi) is 3.26. The van der Waals surface area contributed by atoms with Gasteiger partial charge in [-0.1, -0.05) is 17.7 Å². The number of carbonyl (C=O) groups is 1. The number of hydrogen-bond donors (Lipinski definition) is 1. The number of carbonyl (C=O) groups excluding carboxylic acids is 1. The summed E-state index contributed by atoms with van der Waals surface area (Å²) in [5.41, 5.74) is 7.44. The normalized spacial score (nSPS) is 20.2. The SMILES string of the molecule is Cc1c(Cl)cccc1N1CC(CN)N(C)C1=O. The minimum absolute atomic E-state index is 0.0224. The van der Waals surface area contributed by atoms with Crippen LogP contribution in [0.15, 0.2) is 18.2 Å². The zero-order chi connectivity index (χ0) is 12.6. The van der Waals surface area contributed by atoms with E-state index in [0.717, 1.165) is 11.3 Å². The first kappa shape index (κ1) is 12.2. The second-order valence-corrected chi connectivity index (χ2v) is 4.68. The van der Waals surface area contributed by atoms with Crippen molar-refractivity contribution in [3.8, 4) is 0 Å². The molecule has 17 heavy (non-hydrogen) atoms. The van der Waals surface area contributed by atoms with Crippen molar-refractivity contribution in [2.45, 2.75) is 13.0 Å². The fourth-order valence-corrected chi connectivity index (χ4v) is 2.25. The average molecular weight is 254 g/mol. The summed E-state index contributed by atoms with van der Waals surface area (Å²) in [4.78, 5) is 15.5. The van der Waals surface area contributed by atoms with E-state index in [-0.39, 0.29) is 12.1 Å². The average Bonchev–Trinajstić information content (AvgIpc) is 2.60. The molecule has 0 aromatic heterocycles. The Morgan fingerprint density at radius 2 is 2.24 bits per heavy atom. The predicted octanol–water partition coefficient (Wildman–Crippen LogP) is 1.85. The minimum Gasteiger partial charge on any atom is -0.328 e. The molecule has 1 unspecified atom stereocenters. The molecule has 0 aliphatic carbocycles. The van der Waals surface area contributed by atoms with Crippen LogP contribution in [-0.4, -0.2) is 37.1 Å². The summed E-state index contributed by atoms with van der Waals surface area (Å²) in [7, 11) is 1.78. The van der Waals surface area contributed by atoms with E-state index in [1.165, 1.54) is 0 Å². The first-order valence-corrected chi connectivity index (χ1v) is 5.93. The van der Waals surface area contributed by atoms with Crippen molar-refractivity contribution in [1.82, 2.24) is 4.90 Å². The zero-order valence-electron chi connectivity index (χ0n) is 9.98. The molecule has 1 heterocycles. The summed E-state index contributed by atoms with van der Waals surface area (Å²) in [5.74, 6) is 0. The number of amides is 2. The minimum atomic E-state index is -0.0224. The van der Waals surface area contributed by atoms with Gasteiger partial charge in [-0.15, -0.1) is 0 Å². The molecule has 0 radical (unpaired) electrons. The lowest BCUT2D eigenvalue weighted by molar-refractivity contribution is 0.219. The fourth-order valence-electron chi connectivity index (χ4n) is 2.08. The lowest BCUT2D eigenvalue weighted by Gasteiger charge is -2.18. The number of nitrogens with two attached hydrogens (primary N) is 1. The van der Waals surface area contributed by atoms with Crippen LogP contribution < -0.4 is 10.6 Å². The van der Waals surface area contributed by atoms with Gasteiger partial charge >= 0.3 is 6.03 Å². The molecule has 1 atom stereocenters. The molecule has 1 aromatic rings. The Morgan fingerprint density at radius 3 is 2.82 bits per heavy atom. The van der Waals surface area contributed by atoms with Crippen molar-refractivity contribution >= 4 is 23.3 Å². The van der Waals surface area contributed by atoms with Gasteiger partial charge in [-0.2, -0.15) is 0 Å². The van der Waals surface area contributed by atoms with E-state index < -0.39 is 0 Å². The Labute approximate surface area is 106 Å². The molecule has 0 saturated carbocycles. The van der Waals surface area contributed by atoms with Gasteiger partial charge in [0.05, 0.1) is 6.04 Å². The third-order valence-electron chi connectivity index (χ3n) is 3.28. The maximum Gasteiger partial charge on any atom is 0.324 e. The van der Waals surface area contributed by atoms with Crippen LogP contribution in [0.5, 0.6) is 0 Å². The van der Waals surface area contributed by atoms with Gasteiger partial charge in [0.1, 0.15) is 0 Å². The van der Waals surface area contributed by atoms with Crippen molar-refractivity contribution in [2.75, 3.05) is 25.0 Å². The van der Waals surface area contributed by atoms with Crippen LogP contribution in [0.2, 0.25) is 5.02 Å². The second kappa shape index (κ2) is 4.55. The molecule has 1 aromatic carbocycles. The number of urea groups is 1. The lowest BCUT2D eigenvalue weighted by atomic mass is 10.2. The highest BCUT2D eigenvalue weighted by molar-refractivity contribution is 6.31. The number of nitrogens with zero attached hydrogens (tertiary/aromatic N) is 2. The molecule has 2 N–H and O–H groups in total. The monoisotopic (exact) mass is 253 g/mol. The van der Waals surface area contributed by atoms with Crippen LogP contribution in [0.1, 0.15) is 5.56 Å². The molecule has 1 saturated heterocycles. The van der Waals surface area contributed by atoms with Crippen molar-refractivity contribution in [1.29, 1.82) is 0 Å². The zero-order valence-corrected chi connectivity index (χ0v) is 10.7. The number of anilines is 1. The smallest absolute Gasteiger partial charge is 0.324 e. The molecule has 92 valence electrons. The van der Waals surface area contributed by atoms with Gasteiger partial charge in [-0.05, 0) is 24.6 Å². The van der Waals surface area contributed by atoms with Gasteiger partial charge in [-0.25, -0.2) is 4.79 Å². The van der Waals surface area contributed by atoms with E-state index in [0.29, 0.717) is 18.1 Å². The van der Waals surface area contributed by atoms with E-state index >= 15 is 0 Å². The molecule has 1 aliphatic rings. The van der Waals surface area contributed by atoms with Gasteiger partial charge < -0.3 is 10.6 Å². The van der Waals surface area contributed by atoms with Crippen molar-refractivity contribution in [3.05, 3.63) is 28.8 Å². The maximum absolute atomic E-state index is 12.1. The van der Waals surface area contributed by atoms with Crippen LogP contribution in [0.25, 0.3) is 0 Å². The number of benzene rings is 1. The van der Waals surface area contributed by atoms with Crippen LogP contribution in [0.4, 0.5) is 10.5 Å². The molecular formula is C12H16ClN3O. The van der Waals surface area contributed by atoms with Crippen LogP contribution in [0, 0.1) is 6.92 Å². The summed E-state index contributed by atoms with van der Waals surface area (Å²) in [6.07, 6.45) is 0. The molecule has 0 spiro atoms. The summed E-state index contributed by atoms with van der Waals surface area (Å²) in [5, 5.41) is 0.675. The highest BCUT2D eigenvalue weighted by atomic mass is 35.5. The predicted molar refractivity (Wildman–Crippen MR) is 69.5 cm³/mol. The Morgan fingerprint density at radius 1 is 1.53 bits per heavy atom. The van der Waals surface area contributed by atoms with Crippen LogP contribution in [-0.2, 0) is 0 Å². The van der Waals surface area contributed by atoms with Gasteiger partial charge in [-0.3, -0.25) is 4.90 Å². The molecule has 2 amide bonds. The third kappa shape index (κ3) is 1.98. The number of likely N-dealkylation sites (N-methyl/N-ethyl adjacent to an activating group) is 1. The molecule has 1 aliphatic heterocycles. The van der Waals surface area contributed by atoms with Gasteiger partial charge in [0.25, 0.3) is 0 Å². The fraction of sp³-hybridized carbons (Fsp3) is 0.417. The molecule has 4 nitrogen and oxygen atoms in total. The molecule has 0 bridgehead atoms. The number of hydrogen-bond acceptors (Lipinski definition) is 2. The topological polar surface area (TPSA) is 49.6 Å². The van der Waals surface area contributed by atoms with E-state index in [4.69, 9.17) is 17.3 Å². The third-order valence-corrected chi connectivity index (χ3v) is 3.69. The Bertz CT molecular complexity index is 449. The van der Waals surface area contributed by atoms with Crippen LogP contribution in [0.3, 0.4) is 0 Å². The standard InChI is InChI=1S/C12H16ClN3O/c1-8-10(13)4-3-5-11(8)16-7-9(6-14)15(2)12(16)17/h3-5,9H,6-7,14H2,1-2H3. The maximum atomic E-state index is 12.1. The first-order chi connectivity index (χ1) is 8.06. The Balaban J connectivity index is 2.35. The summed E-state index contributed by atoms with van der Waals surface area (Å²) in [6, 6.07) is 5.64. The highest BCUT2D eigenvalue weighted by Crippen LogP contribution is 2.29. The number of halogens is 1. The molecule has 5 heteroatoms. The highest BCUT2D eigenvalue weighted by Gasteiger charge is 2.35. The number of rotatable bonds is 2. The van der Waals surface area contributed by atoms with Crippen molar-refractivity contribution in [2.24, 2.45) is 5.73 Å². The first-order valence-electron chi connectivity index (χ1n) is 5.55. The molecular weight excluding hydrogens is 238 g/mol. The van der Waals surface area contributed by atoms with Crippen molar-refractivity contribution < 1.29 is 4.79 Å². The summed E-state index contributed by atoms with van der Waals surface area (Å²) in [6.45, 7) is 3.01. The summed E-state index contributed by atoms with van der Waals surface area (Å²) >= 11 is 6.07. The van der Waals surface area contributed by atoms with E-state index in [1.807, 2.05) is 25.1 Å². The largest absolute Gasteiger partial charge is 0.328 e. The molecule has 2 rings (SSSR count). The van der Waals surface area contributed by atoms with Gasteiger partial charge in [0, 0.05) is 30.8 Å². The van der Waals surface area contributed by atoms with Gasteiger partial charge in [0.2, 0.25) is 0 Å². The van der Waals surface area contributed by atoms with Crippen molar-refractivity contribution in [3.63, 3.8) is 0 Å². The van der Waals surface area contributed by atoms with E-state index in [1.54, 1.807) is 16.8 Å². The summed E-state index contributed by atoms with van der Waals surface area (Å²) < 4.78 is 0. The van der Waals surface area contributed by atoms with Gasteiger partial charge in [0.15, 0.2) is 0 Å².